The van der Waals surface area contributed by atoms with E-state index < -0.39 is 23.8 Å². The van der Waals surface area contributed by atoms with Gasteiger partial charge in [0.1, 0.15) is 0 Å². The minimum absolute atomic E-state index is 0. The first-order valence-corrected chi connectivity index (χ1v) is 4.22. The van der Waals surface area contributed by atoms with Gasteiger partial charge >= 0.3 is 23.1 Å². The van der Waals surface area contributed by atoms with Gasteiger partial charge in [-0.05, 0) is 12.8 Å². The molecule has 8 nitrogen and oxygen atoms in total. The van der Waals surface area contributed by atoms with Gasteiger partial charge in [-0.25, -0.2) is 0 Å². The molecule has 0 heterocycles. The Morgan fingerprint density at radius 1 is 0.706 bits per heavy atom. The van der Waals surface area contributed by atoms with Crippen molar-refractivity contribution in [2.75, 3.05) is 0 Å². The molecule has 0 aromatic rings. The Hall–Kier alpha value is -1.35. The first-order chi connectivity index (χ1) is 7.25. The van der Waals surface area contributed by atoms with E-state index in [9.17, 15) is 29.4 Å². The van der Waals surface area contributed by atoms with Gasteiger partial charge in [0.25, 0.3) is 0 Å². The molecule has 92 valence electrons. The molecule has 0 spiro atoms. The first-order valence-electron chi connectivity index (χ1n) is 4.22. The predicted octanol–water partition coefficient (Wildman–Crippen LogP) is -4.38. The van der Waals surface area contributed by atoms with E-state index in [1.165, 1.54) is 0 Å². The number of hydrogen-bond donors (Lipinski definition) is 2. The van der Waals surface area contributed by atoms with E-state index in [1.54, 1.807) is 0 Å². The van der Waals surface area contributed by atoms with Crippen molar-refractivity contribution in [2.45, 2.75) is 25.7 Å². The van der Waals surface area contributed by atoms with Crippen LogP contribution in [0.5, 0.6) is 0 Å². The van der Waals surface area contributed by atoms with Crippen molar-refractivity contribution >= 4 is 46.8 Å². The molecular weight excluding hydrogens is 244 g/mol. The molecule has 0 atom stereocenters. The molecule has 17 heavy (non-hydrogen) atoms. The van der Waals surface area contributed by atoms with Crippen LogP contribution in [0.2, 0.25) is 0 Å². The summed E-state index contributed by atoms with van der Waals surface area (Å²) in [6.45, 7) is 0. The van der Waals surface area contributed by atoms with E-state index in [0.29, 0.717) is 0 Å². The predicted molar refractivity (Wildman–Crippen MR) is 52.6 cm³/mol. The fourth-order valence-corrected chi connectivity index (χ4v) is 0.451. The van der Waals surface area contributed by atoms with Crippen LogP contribution in [0.25, 0.3) is 0 Å². The summed E-state index contributed by atoms with van der Waals surface area (Å²) in [4.78, 5) is 38.8. The molecule has 0 saturated carbocycles. The third kappa shape index (κ3) is 31.3. The first kappa shape index (κ1) is 21.0. The Kier molecular flexibility index (Phi) is 15.7. The summed E-state index contributed by atoms with van der Waals surface area (Å²) >= 11 is 0. The van der Waals surface area contributed by atoms with E-state index in [0.717, 1.165) is 0 Å². The summed E-state index contributed by atoms with van der Waals surface area (Å²) in [7, 11) is 0. The zero-order valence-corrected chi connectivity index (χ0v) is 10.6. The summed E-state index contributed by atoms with van der Waals surface area (Å²) in [6, 6.07) is 0. The van der Waals surface area contributed by atoms with Gasteiger partial charge in [0.15, 0.2) is 0 Å². The molecule has 9 heteroatoms. The Morgan fingerprint density at radius 2 is 0.941 bits per heavy atom. The van der Waals surface area contributed by atoms with Crippen LogP contribution >= 0.6 is 0 Å². The number of aliphatic carboxylic acids is 2. The molecular formula is C8H12MgN2O6. The largest absolute Gasteiger partial charge is 2.00 e. The second-order valence-electron chi connectivity index (χ2n) is 2.68. The Bertz CT molecular complexity index is 225. The number of rotatable bonds is 6. The Labute approximate surface area is 113 Å². The number of carbonyl (C=O) groups is 4. The molecule has 0 aromatic carbocycles. The minimum Gasteiger partial charge on any atom is -0.550 e. The van der Waals surface area contributed by atoms with Crippen molar-refractivity contribution in [2.24, 2.45) is 11.5 Å². The molecule has 0 unspecified atom stereocenters. The summed E-state index contributed by atoms with van der Waals surface area (Å²) < 4.78 is 0. The van der Waals surface area contributed by atoms with E-state index in [4.69, 9.17) is 0 Å². The van der Waals surface area contributed by atoms with Gasteiger partial charge in [0.2, 0.25) is 11.8 Å². The maximum atomic E-state index is 9.83. The van der Waals surface area contributed by atoms with Gasteiger partial charge in [-0.3, -0.25) is 9.59 Å². The van der Waals surface area contributed by atoms with Crippen molar-refractivity contribution in [1.82, 2.24) is 0 Å². The van der Waals surface area contributed by atoms with Gasteiger partial charge in [-0.2, -0.15) is 0 Å². The standard InChI is InChI=1S/2C4H7NO3.Mg/c2*5-3(6)1-2-4(7)8;/h2*1-2H2,(H2,5,6)(H,7,8);/q;;+2/p-2. The second-order valence-corrected chi connectivity index (χ2v) is 2.68. The van der Waals surface area contributed by atoms with Crippen molar-refractivity contribution in [3.05, 3.63) is 0 Å². The van der Waals surface area contributed by atoms with Crippen LogP contribution in [0.15, 0.2) is 0 Å². The van der Waals surface area contributed by atoms with E-state index in [2.05, 4.69) is 11.5 Å². The van der Waals surface area contributed by atoms with Crippen molar-refractivity contribution in [3.63, 3.8) is 0 Å². The van der Waals surface area contributed by atoms with Crippen LogP contribution in [-0.2, 0) is 19.2 Å². The van der Waals surface area contributed by atoms with Crippen LogP contribution < -0.4 is 21.7 Å². The van der Waals surface area contributed by atoms with E-state index in [-0.39, 0.29) is 48.7 Å². The third-order valence-electron chi connectivity index (χ3n) is 1.15. The fourth-order valence-electron chi connectivity index (χ4n) is 0.451. The Balaban J connectivity index is -0.000000218. The molecule has 0 radical (unpaired) electrons. The normalized spacial score (nSPS) is 8.00. The quantitative estimate of drug-likeness (QED) is 0.455. The molecule has 0 aliphatic carbocycles. The zero-order valence-electron chi connectivity index (χ0n) is 9.14. The molecule has 4 N–H and O–H groups in total. The maximum absolute atomic E-state index is 9.83. The van der Waals surface area contributed by atoms with Crippen LogP contribution in [-0.4, -0.2) is 46.8 Å². The molecule has 0 aromatic heterocycles. The topological polar surface area (TPSA) is 166 Å². The van der Waals surface area contributed by atoms with Crippen molar-refractivity contribution < 1.29 is 29.4 Å². The molecule has 0 aliphatic rings. The number of carbonyl (C=O) groups excluding carboxylic acids is 4. The molecule has 0 aliphatic heterocycles. The van der Waals surface area contributed by atoms with Crippen LogP contribution in [0.1, 0.15) is 25.7 Å². The smallest absolute Gasteiger partial charge is 0.550 e. The van der Waals surface area contributed by atoms with E-state index in [1.807, 2.05) is 0 Å². The maximum Gasteiger partial charge on any atom is 2.00 e. The van der Waals surface area contributed by atoms with Crippen LogP contribution in [0, 0.1) is 0 Å². The summed E-state index contributed by atoms with van der Waals surface area (Å²) in [5.41, 5.74) is 9.22. The van der Waals surface area contributed by atoms with Crippen molar-refractivity contribution in [3.8, 4) is 0 Å². The number of carboxylic acids is 2. The molecule has 0 fully saturated rings. The number of nitrogens with two attached hydrogens (primary N) is 2. The van der Waals surface area contributed by atoms with Crippen LogP contribution in [0.3, 0.4) is 0 Å². The summed E-state index contributed by atoms with van der Waals surface area (Å²) in [6.07, 6.45) is -0.838. The molecule has 2 amide bonds. The number of primary amides is 2. The van der Waals surface area contributed by atoms with Crippen LogP contribution in [0.4, 0.5) is 0 Å². The average molecular weight is 256 g/mol. The zero-order chi connectivity index (χ0) is 13.1. The second kappa shape index (κ2) is 12.7. The van der Waals surface area contributed by atoms with E-state index >= 15 is 0 Å². The van der Waals surface area contributed by atoms with Gasteiger partial charge in [-0.1, -0.05) is 0 Å². The van der Waals surface area contributed by atoms with Gasteiger partial charge in [0, 0.05) is 24.8 Å². The molecule has 0 bridgehead atoms. The summed E-state index contributed by atoms with van der Waals surface area (Å²) in [5, 5.41) is 19.2. The van der Waals surface area contributed by atoms with Gasteiger partial charge < -0.3 is 31.3 Å². The van der Waals surface area contributed by atoms with Crippen molar-refractivity contribution in [1.29, 1.82) is 0 Å². The van der Waals surface area contributed by atoms with Gasteiger partial charge in [-0.15, -0.1) is 0 Å². The number of amides is 2. The molecule has 0 rings (SSSR count). The average Bonchev–Trinajstić information content (AvgIpc) is 2.12. The SMILES string of the molecule is NC(=O)CCC(=O)[O-].NC(=O)CCC(=O)[O-].[Mg+2]. The van der Waals surface area contributed by atoms with Gasteiger partial charge in [0.05, 0.1) is 0 Å². The number of hydrogen-bond acceptors (Lipinski definition) is 6. The molecule has 0 saturated heterocycles. The number of carboxylic acid groups (broad SMARTS) is 2. The summed E-state index contributed by atoms with van der Waals surface area (Å²) in [5.74, 6) is -3.73. The Morgan fingerprint density at radius 3 is 1.00 bits per heavy atom. The monoisotopic (exact) mass is 256 g/mol. The fraction of sp³-hybridized carbons (Fsp3) is 0.500. The third-order valence-corrected chi connectivity index (χ3v) is 1.15. The minimum atomic E-state index is -1.25.